The third-order valence-corrected chi connectivity index (χ3v) is 5.82. The maximum Gasteiger partial charge on any atom is 0.338 e. The van der Waals surface area contributed by atoms with Crippen molar-refractivity contribution >= 4 is 46.9 Å². The minimum Gasteiger partial charge on any atom is -0.454 e. The molecule has 1 aliphatic rings. The maximum absolute atomic E-state index is 13.0. The van der Waals surface area contributed by atoms with E-state index in [-0.39, 0.29) is 28.1 Å². The topological polar surface area (TPSA) is 148 Å². The van der Waals surface area contributed by atoms with E-state index in [2.05, 4.69) is 10.6 Å². The van der Waals surface area contributed by atoms with Crippen molar-refractivity contribution in [3.8, 4) is 0 Å². The van der Waals surface area contributed by atoms with Crippen LogP contribution in [0.5, 0.6) is 0 Å². The summed E-state index contributed by atoms with van der Waals surface area (Å²) in [6, 6.07) is 11.9. The van der Waals surface area contributed by atoms with Gasteiger partial charge in [-0.25, -0.2) is 18.4 Å². The van der Waals surface area contributed by atoms with E-state index in [1.807, 2.05) is 0 Å². The number of carbonyl (C=O) groups is 6. The van der Waals surface area contributed by atoms with Crippen LogP contribution in [-0.2, 0) is 23.9 Å². The molecule has 0 saturated heterocycles. The van der Waals surface area contributed by atoms with Crippen LogP contribution in [0, 0.1) is 11.6 Å². The van der Waals surface area contributed by atoms with Crippen LogP contribution >= 0.6 is 0 Å². The van der Waals surface area contributed by atoms with Gasteiger partial charge >= 0.3 is 11.9 Å². The van der Waals surface area contributed by atoms with Gasteiger partial charge in [-0.15, -0.1) is 0 Å². The highest BCUT2D eigenvalue weighted by Crippen LogP contribution is 2.26. The van der Waals surface area contributed by atoms with E-state index in [0.717, 1.165) is 30.3 Å². The fourth-order valence-electron chi connectivity index (χ4n) is 3.78. The fourth-order valence-corrected chi connectivity index (χ4v) is 3.78. The third kappa shape index (κ3) is 6.76. The predicted molar refractivity (Wildman–Crippen MR) is 138 cm³/mol. The number of carbonyl (C=O) groups excluding carboxylic acids is 6. The number of halogens is 2. The van der Waals surface area contributed by atoms with Crippen LogP contribution < -0.4 is 10.6 Å². The van der Waals surface area contributed by atoms with Crippen LogP contribution in [0.3, 0.4) is 0 Å². The Morgan fingerprint density at radius 1 is 0.732 bits per heavy atom. The molecule has 13 heteroatoms. The molecule has 1 heterocycles. The number of imide groups is 1. The smallest absolute Gasteiger partial charge is 0.338 e. The number of nitrogens with one attached hydrogen (secondary N) is 2. The summed E-state index contributed by atoms with van der Waals surface area (Å²) >= 11 is 0. The van der Waals surface area contributed by atoms with Crippen molar-refractivity contribution in [3.63, 3.8) is 0 Å². The normalized spacial score (nSPS) is 12.8. The summed E-state index contributed by atoms with van der Waals surface area (Å²) in [5.41, 5.74) is 0.177. The van der Waals surface area contributed by atoms with Gasteiger partial charge in [-0.3, -0.25) is 24.1 Å². The Labute approximate surface area is 231 Å². The number of hydrogen-bond donors (Lipinski definition) is 2. The third-order valence-electron chi connectivity index (χ3n) is 5.82. The second-order valence-corrected chi connectivity index (χ2v) is 8.71. The monoisotopic (exact) mass is 565 g/mol. The van der Waals surface area contributed by atoms with Crippen LogP contribution in [0.4, 0.5) is 20.2 Å². The zero-order valence-electron chi connectivity index (χ0n) is 21.3. The van der Waals surface area contributed by atoms with Gasteiger partial charge in [0, 0.05) is 11.4 Å². The highest BCUT2D eigenvalue weighted by Gasteiger charge is 2.42. The first kappa shape index (κ1) is 28.5. The highest BCUT2D eigenvalue weighted by atomic mass is 19.1. The van der Waals surface area contributed by atoms with Crippen molar-refractivity contribution in [1.29, 1.82) is 0 Å². The summed E-state index contributed by atoms with van der Waals surface area (Å²) in [6.07, 6.45) is 0. The summed E-state index contributed by atoms with van der Waals surface area (Å²) in [7, 11) is 0. The van der Waals surface area contributed by atoms with E-state index in [4.69, 9.17) is 9.47 Å². The molecule has 2 N–H and O–H groups in total. The van der Waals surface area contributed by atoms with Crippen LogP contribution in [-0.4, -0.2) is 59.7 Å². The summed E-state index contributed by atoms with van der Waals surface area (Å²) in [5.74, 6) is -6.11. The Morgan fingerprint density at radius 2 is 1.22 bits per heavy atom. The number of amides is 4. The van der Waals surface area contributed by atoms with Crippen LogP contribution in [0.25, 0.3) is 0 Å². The molecular weight excluding hydrogens is 544 g/mol. The molecule has 3 aromatic carbocycles. The number of hydrogen-bond acceptors (Lipinski definition) is 8. The quantitative estimate of drug-likeness (QED) is 0.297. The molecule has 0 fully saturated rings. The molecule has 41 heavy (non-hydrogen) atoms. The SMILES string of the molecule is C[C@H](C(=O)OCC(=O)Nc1ccc(F)cc1)N1C(=O)c2ccc(C(=O)OCC(=O)Nc3ccc(F)cc3)cc2C1=O. The molecule has 210 valence electrons. The van der Waals surface area contributed by atoms with E-state index in [1.54, 1.807) is 0 Å². The van der Waals surface area contributed by atoms with Crippen molar-refractivity contribution in [2.75, 3.05) is 23.8 Å². The molecule has 1 atom stereocenters. The lowest BCUT2D eigenvalue weighted by Crippen LogP contribution is -2.44. The Balaban J connectivity index is 1.33. The molecule has 0 aromatic heterocycles. The molecule has 0 unspecified atom stereocenters. The maximum atomic E-state index is 13.0. The summed E-state index contributed by atoms with van der Waals surface area (Å²) in [5, 5.41) is 4.82. The van der Waals surface area contributed by atoms with E-state index in [9.17, 15) is 37.5 Å². The lowest BCUT2D eigenvalue weighted by molar-refractivity contribution is -0.150. The number of rotatable bonds is 9. The van der Waals surface area contributed by atoms with Gasteiger partial charge in [-0.1, -0.05) is 0 Å². The molecule has 11 nitrogen and oxygen atoms in total. The van der Waals surface area contributed by atoms with Crippen molar-refractivity contribution in [2.45, 2.75) is 13.0 Å². The van der Waals surface area contributed by atoms with Gasteiger partial charge in [-0.2, -0.15) is 0 Å². The van der Waals surface area contributed by atoms with E-state index >= 15 is 0 Å². The average Bonchev–Trinajstić information content (AvgIpc) is 3.21. The standard InChI is InChI=1S/C28H21F2N3O8/c1-15(27(38)40-13-23(34)31-19-7-3-17(29)4-8-19)33-25(36)21-11-2-16(12-22(21)26(33)37)28(39)41-14-24(35)32-20-9-5-18(30)6-10-20/h2-12,15H,13-14H2,1H3,(H,31,34)(H,32,35)/t15-/m1/s1. The zero-order valence-corrected chi connectivity index (χ0v) is 21.3. The van der Waals surface area contributed by atoms with E-state index in [1.165, 1.54) is 43.3 Å². The first-order valence-corrected chi connectivity index (χ1v) is 12.0. The molecule has 3 aromatic rings. The zero-order chi connectivity index (χ0) is 29.7. The van der Waals surface area contributed by atoms with Crippen molar-refractivity contribution in [3.05, 3.63) is 95.1 Å². The second-order valence-electron chi connectivity index (χ2n) is 8.71. The van der Waals surface area contributed by atoms with Crippen LogP contribution in [0.2, 0.25) is 0 Å². The van der Waals surface area contributed by atoms with Crippen molar-refractivity contribution < 1.29 is 47.0 Å². The number of fused-ring (bicyclic) bond motifs is 1. The summed E-state index contributed by atoms with van der Waals surface area (Å²) in [4.78, 5) is 75.5. The van der Waals surface area contributed by atoms with E-state index in [0.29, 0.717) is 4.90 Å². The van der Waals surface area contributed by atoms with E-state index < -0.39 is 66.5 Å². The Kier molecular flexibility index (Phi) is 8.46. The van der Waals surface area contributed by atoms with Gasteiger partial charge in [0.2, 0.25) is 0 Å². The summed E-state index contributed by atoms with van der Waals surface area (Å²) in [6.45, 7) is -0.171. The van der Waals surface area contributed by atoms with Gasteiger partial charge in [0.05, 0.1) is 16.7 Å². The van der Waals surface area contributed by atoms with Crippen molar-refractivity contribution in [2.24, 2.45) is 0 Å². The molecule has 4 rings (SSSR count). The number of ether oxygens (including phenoxy) is 2. The Hall–Kier alpha value is -5.46. The molecular formula is C28H21F2N3O8. The van der Waals surface area contributed by atoms with Gasteiger partial charge in [0.25, 0.3) is 23.6 Å². The predicted octanol–water partition coefficient (Wildman–Crippen LogP) is 2.93. The van der Waals surface area contributed by atoms with Gasteiger partial charge in [-0.05, 0) is 73.7 Å². The minimum atomic E-state index is -1.41. The van der Waals surface area contributed by atoms with Crippen LogP contribution in [0.1, 0.15) is 38.0 Å². The van der Waals surface area contributed by atoms with Gasteiger partial charge in [0.1, 0.15) is 17.7 Å². The van der Waals surface area contributed by atoms with Crippen molar-refractivity contribution in [1.82, 2.24) is 4.90 Å². The summed E-state index contributed by atoms with van der Waals surface area (Å²) < 4.78 is 35.9. The number of esters is 2. The lowest BCUT2D eigenvalue weighted by atomic mass is 10.1. The van der Waals surface area contributed by atoms with Gasteiger partial charge in [0.15, 0.2) is 13.2 Å². The number of benzene rings is 3. The molecule has 0 aliphatic carbocycles. The van der Waals surface area contributed by atoms with Gasteiger partial charge < -0.3 is 20.1 Å². The first-order chi connectivity index (χ1) is 19.5. The van der Waals surface area contributed by atoms with Crippen LogP contribution in [0.15, 0.2) is 66.7 Å². The molecule has 0 saturated carbocycles. The molecule has 4 amide bonds. The molecule has 0 radical (unpaired) electrons. The molecule has 1 aliphatic heterocycles. The number of nitrogens with zero attached hydrogens (tertiary/aromatic N) is 1. The fraction of sp³-hybridized carbons (Fsp3) is 0.143. The average molecular weight is 565 g/mol. The molecule has 0 spiro atoms. The largest absolute Gasteiger partial charge is 0.454 e. The minimum absolute atomic E-state index is 0.0747. The highest BCUT2D eigenvalue weighted by molar-refractivity contribution is 6.23. The number of anilines is 2. The Morgan fingerprint density at radius 3 is 1.76 bits per heavy atom. The lowest BCUT2D eigenvalue weighted by Gasteiger charge is -2.20. The Bertz CT molecular complexity index is 1540. The molecule has 0 bridgehead atoms. The first-order valence-electron chi connectivity index (χ1n) is 12.0. The second kappa shape index (κ2) is 12.2.